The van der Waals surface area contributed by atoms with Crippen LogP contribution in [0.5, 0.6) is 5.75 Å². The summed E-state index contributed by atoms with van der Waals surface area (Å²) in [6, 6.07) is 13.3. The Balaban J connectivity index is 1.85. The molecule has 0 aromatic heterocycles. The number of benzene rings is 2. The van der Waals surface area contributed by atoms with Crippen LogP contribution in [-0.2, 0) is 16.0 Å². The highest BCUT2D eigenvalue weighted by atomic mass is 16.5. The van der Waals surface area contributed by atoms with E-state index >= 15 is 0 Å². The summed E-state index contributed by atoms with van der Waals surface area (Å²) in [5, 5.41) is 5.41. The number of amides is 2. The quantitative estimate of drug-likeness (QED) is 0.814. The fraction of sp³-hybridized carbons (Fsp3) is 0.300. The summed E-state index contributed by atoms with van der Waals surface area (Å²) >= 11 is 0. The van der Waals surface area contributed by atoms with Gasteiger partial charge in [0, 0.05) is 19.2 Å². The Bertz CT molecular complexity index is 719. The molecule has 0 aliphatic rings. The van der Waals surface area contributed by atoms with E-state index in [0.29, 0.717) is 18.5 Å². The van der Waals surface area contributed by atoms with E-state index in [-0.39, 0.29) is 18.4 Å². The highest BCUT2D eigenvalue weighted by Crippen LogP contribution is 2.22. The summed E-state index contributed by atoms with van der Waals surface area (Å²) < 4.78 is 5.65. The number of ether oxygens (including phenoxy) is 1. The van der Waals surface area contributed by atoms with Crippen LogP contribution in [0.25, 0.3) is 0 Å². The van der Waals surface area contributed by atoms with Crippen LogP contribution in [0.15, 0.2) is 42.5 Å². The smallest absolute Gasteiger partial charge is 0.262 e. The van der Waals surface area contributed by atoms with Crippen LogP contribution in [0.4, 0.5) is 5.69 Å². The number of carbonyl (C=O) groups excluding carboxylic acids is 2. The monoisotopic (exact) mass is 340 g/mol. The molecule has 2 N–H and O–H groups in total. The van der Waals surface area contributed by atoms with Gasteiger partial charge in [-0.3, -0.25) is 9.59 Å². The van der Waals surface area contributed by atoms with Crippen molar-refractivity contribution in [2.45, 2.75) is 26.7 Å². The van der Waals surface area contributed by atoms with Crippen molar-refractivity contribution in [3.8, 4) is 5.75 Å². The second-order valence-electron chi connectivity index (χ2n) is 5.93. The first-order valence-electron chi connectivity index (χ1n) is 8.28. The van der Waals surface area contributed by atoms with E-state index in [9.17, 15) is 9.59 Å². The molecule has 0 saturated carbocycles. The van der Waals surface area contributed by atoms with E-state index in [0.717, 1.165) is 22.4 Å². The second-order valence-corrected chi connectivity index (χ2v) is 5.93. The minimum absolute atomic E-state index is 0.0148. The minimum Gasteiger partial charge on any atom is -0.483 e. The van der Waals surface area contributed by atoms with Crippen molar-refractivity contribution >= 4 is 17.5 Å². The molecule has 2 amide bonds. The number of hydrogen-bond acceptors (Lipinski definition) is 3. The van der Waals surface area contributed by atoms with Crippen molar-refractivity contribution in [2.24, 2.45) is 0 Å². The molecule has 5 heteroatoms. The highest BCUT2D eigenvalue weighted by molar-refractivity contribution is 5.91. The Morgan fingerprint density at radius 1 is 0.960 bits per heavy atom. The number of aryl methyl sites for hydroxylation is 3. The second kappa shape index (κ2) is 8.87. The van der Waals surface area contributed by atoms with Crippen LogP contribution in [0.2, 0.25) is 0 Å². The molecular weight excluding hydrogens is 316 g/mol. The number of nitrogens with one attached hydrogen (secondary N) is 2. The number of anilines is 1. The number of carbonyl (C=O) groups is 2. The zero-order valence-electron chi connectivity index (χ0n) is 14.9. The van der Waals surface area contributed by atoms with Crippen LogP contribution in [0, 0.1) is 13.8 Å². The van der Waals surface area contributed by atoms with Crippen LogP contribution >= 0.6 is 0 Å². The van der Waals surface area contributed by atoms with Gasteiger partial charge in [0.05, 0.1) is 0 Å². The third kappa shape index (κ3) is 5.64. The zero-order chi connectivity index (χ0) is 18.2. The summed E-state index contributed by atoms with van der Waals surface area (Å²) in [6.07, 6.45) is 1.12. The molecule has 2 rings (SSSR count). The Morgan fingerprint density at radius 2 is 1.60 bits per heavy atom. The summed E-state index contributed by atoms with van der Waals surface area (Å²) in [6.45, 7) is 3.87. The van der Waals surface area contributed by atoms with Gasteiger partial charge in [0.25, 0.3) is 5.91 Å². The maximum Gasteiger partial charge on any atom is 0.262 e. The van der Waals surface area contributed by atoms with Crippen molar-refractivity contribution in [3.63, 3.8) is 0 Å². The number of para-hydroxylation sites is 1. The van der Waals surface area contributed by atoms with Gasteiger partial charge in [-0.1, -0.05) is 30.3 Å². The molecule has 2 aromatic rings. The minimum atomic E-state index is -0.208. The average Bonchev–Trinajstić information content (AvgIpc) is 2.60. The molecule has 0 radical (unpaired) electrons. The third-order valence-electron chi connectivity index (χ3n) is 3.91. The SMILES string of the molecule is CNC(=O)CCc1ccc(NC(=O)COc2c(C)cccc2C)cc1. The topological polar surface area (TPSA) is 67.4 Å². The van der Waals surface area contributed by atoms with Gasteiger partial charge in [-0.15, -0.1) is 0 Å². The number of hydrogen-bond donors (Lipinski definition) is 2. The lowest BCUT2D eigenvalue weighted by Gasteiger charge is -2.12. The van der Waals surface area contributed by atoms with E-state index in [1.54, 1.807) is 7.05 Å². The van der Waals surface area contributed by atoms with Crippen molar-refractivity contribution in [1.29, 1.82) is 0 Å². The standard InChI is InChI=1S/C20H24N2O3/c1-14-5-4-6-15(2)20(14)25-13-19(24)22-17-10-7-16(8-11-17)9-12-18(23)21-3/h4-8,10-11H,9,12-13H2,1-3H3,(H,21,23)(H,22,24). The van der Waals surface area contributed by atoms with Gasteiger partial charge in [-0.05, 0) is 49.1 Å². The fourth-order valence-electron chi connectivity index (χ4n) is 2.50. The van der Waals surface area contributed by atoms with Crippen molar-refractivity contribution in [3.05, 3.63) is 59.2 Å². The van der Waals surface area contributed by atoms with Gasteiger partial charge in [-0.2, -0.15) is 0 Å². The van der Waals surface area contributed by atoms with Crippen LogP contribution in [0.1, 0.15) is 23.1 Å². The summed E-state index contributed by atoms with van der Waals surface area (Å²) in [5.74, 6) is 0.559. The molecule has 0 aliphatic carbocycles. The first-order chi connectivity index (χ1) is 12.0. The fourth-order valence-corrected chi connectivity index (χ4v) is 2.50. The van der Waals surface area contributed by atoms with Crippen LogP contribution in [-0.4, -0.2) is 25.5 Å². The lowest BCUT2D eigenvalue weighted by Crippen LogP contribution is -2.20. The first kappa shape index (κ1) is 18.5. The number of rotatable bonds is 7. The Labute approximate surface area is 148 Å². The van der Waals surface area contributed by atoms with E-state index in [1.807, 2.05) is 56.3 Å². The third-order valence-corrected chi connectivity index (χ3v) is 3.91. The molecule has 0 heterocycles. The predicted octanol–water partition coefficient (Wildman–Crippen LogP) is 3.00. The summed E-state index contributed by atoms with van der Waals surface area (Å²) in [4.78, 5) is 23.3. The largest absolute Gasteiger partial charge is 0.483 e. The molecular formula is C20H24N2O3. The van der Waals surface area contributed by atoms with Crippen molar-refractivity contribution < 1.29 is 14.3 Å². The Hall–Kier alpha value is -2.82. The molecule has 132 valence electrons. The zero-order valence-corrected chi connectivity index (χ0v) is 14.9. The molecule has 0 fully saturated rings. The first-order valence-corrected chi connectivity index (χ1v) is 8.28. The van der Waals surface area contributed by atoms with Gasteiger partial charge >= 0.3 is 0 Å². The lowest BCUT2D eigenvalue weighted by molar-refractivity contribution is -0.120. The Kier molecular flexibility index (Phi) is 6.57. The maximum absolute atomic E-state index is 12.1. The van der Waals surface area contributed by atoms with Gasteiger partial charge < -0.3 is 15.4 Å². The average molecular weight is 340 g/mol. The van der Waals surface area contributed by atoms with E-state index in [4.69, 9.17) is 4.74 Å². The predicted molar refractivity (Wildman–Crippen MR) is 98.9 cm³/mol. The summed E-state index contributed by atoms with van der Waals surface area (Å²) in [5.41, 5.74) is 3.77. The molecule has 0 spiro atoms. The molecule has 25 heavy (non-hydrogen) atoms. The summed E-state index contributed by atoms with van der Waals surface area (Å²) in [7, 11) is 1.63. The Morgan fingerprint density at radius 3 is 2.20 bits per heavy atom. The van der Waals surface area contributed by atoms with Gasteiger partial charge in [-0.25, -0.2) is 0 Å². The highest BCUT2D eigenvalue weighted by Gasteiger charge is 2.08. The molecule has 0 unspecified atom stereocenters. The van der Waals surface area contributed by atoms with Crippen molar-refractivity contribution in [1.82, 2.24) is 5.32 Å². The van der Waals surface area contributed by atoms with Crippen LogP contribution < -0.4 is 15.4 Å². The van der Waals surface area contributed by atoms with E-state index < -0.39 is 0 Å². The molecule has 5 nitrogen and oxygen atoms in total. The van der Waals surface area contributed by atoms with Gasteiger partial charge in [0.15, 0.2) is 6.61 Å². The van der Waals surface area contributed by atoms with Crippen molar-refractivity contribution in [2.75, 3.05) is 19.0 Å². The maximum atomic E-state index is 12.1. The van der Waals surface area contributed by atoms with Crippen LogP contribution in [0.3, 0.4) is 0 Å². The van der Waals surface area contributed by atoms with E-state index in [2.05, 4.69) is 10.6 Å². The molecule has 2 aromatic carbocycles. The molecule has 0 aliphatic heterocycles. The van der Waals surface area contributed by atoms with E-state index in [1.165, 1.54) is 0 Å². The molecule has 0 atom stereocenters. The molecule has 0 bridgehead atoms. The normalized spacial score (nSPS) is 10.2. The van der Waals surface area contributed by atoms with Gasteiger partial charge in [0.2, 0.25) is 5.91 Å². The molecule has 0 saturated heterocycles. The van der Waals surface area contributed by atoms with Gasteiger partial charge in [0.1, 0.15) is 5.75 Å². The lowest BCUT2D eigenvalue weighted by atomic mass is 10.1.